The van der Waals surface area contributed by atoms with Crippen LogP contribution in [0.25, 0.3) is 0 Å². The zero-order chi connectivity index (χ0) is 14.7. The number of carbonyl (C=O) groups is 1. The maximum Gasteiger partial charge on any atom is 0.255 e. The highest BCUT2D eigenvalue weighted by molar-refractivity contribution is 5.82. The van der Waals surface area contributed by atoms with E-state index in [1.54, 1.807) is 0 Å². The number of piperidine rings is 1. The molecule has 2 aliphatic rings. The minimum atomic E-state index is -0.255. The summed E-state index contributed by atoms with van der Waals surface area (Å²) in [6, 6.07) is 9.71. The van der Waals surface area contributed by atoms with Crippen molar-refractivity contribution in [3.05, 3.63) is 35.9 Å². The highest BCUT2D eigenvalue weighted by Gasteiger charge is 2.39. The third kappa shape index (κ3) is 2.97. The standard InChI is InChI=1S/C17H25N3O/c18-19-16(21)15(14-6-2-1-3-7-14)20-12-10-17(11-13-20)8-4-5-9-17/h1-3,6-7,15H,4-5,8-13,18H2,(H,19,21). The number of nitrogens with one attached hydrogen (secondary N) is 1. The van der Waals surface area contributed by atoms with Crippen LogP contribution in [0.5, 0.6) is 0 Å². The van der Waals surface area contributed by atoms with Gasteiger partial charge >= 0.3 is 0 Å². The molecule has 0 bridgehead atoms. The number of rotatable bonds is 3. The van der Waals surface area contributed by atoms with Crippen molar-refractivity contribution in [3.63, 3.8) is 0 Å². The van der Waals surface area contributed by atoms with Gasteiger partial charge in [-0.15, -0.1) is 0 Å². The smallest absolute Gasteiger partial charge is 0.255 e. The van der Waals surface area contributed by atoms with Crippen LogP contribution in [0.3, 0.4) is 0 Å². The lowest BCUT2D eigenvalue weighted by Gasteiger charge is -2.42. The summed E-state index contributed by atoms with van der Waals surface area (Å²) in [6.07, 6.45) is 7.94. The van der Waals surface area contributed by atoms with Crippen molar-refractivity contribution < 1.29 is 4.79 Å². The SMILES string of the molecule is NNC(=O)C(c1ccccc1)N1CCC2(CCCC2)CC1. The molecule has 1 aliphatic heterocycles. The van der Waals surface area contributed by atoms with Gasteiger partial charge in [-0.3, -0.25) is 15.1 Å². The van der Waals surface area contributed by atoms with E-state index in [1.165, 1.54) is 38.5 Å². The molecule has 1 atom stereocenters. The van der Waals surface area contributed by atoms with Crippen LogP contribution >= 0.6 is 0 Å². The fourth-order valence-electron chi connectivity index (χ4n) is 4.12. The van der Waals surface area contributed by atoms with E-state index in [4.69, 9.17) is 5.84 Å². The third-order valence-electron chi connectivity index (χ3n) is 5.39. The quantitative estimate of drug-likeness (QED) is 0.510. The second kappa shape index (κ2) is 6.16. The molecule has 0 radical (unpaired) electrons. The number of nitrogens with zero attached hydrogens (tertiary/aromatic N) is 1. The Hall–Kier alpha value is -1.39. The fraction of sp³-hybridized carbons (Fsp3) is 0.588. The van der Waals surface area contributed by atoms with Crippen molar-refractivity contribution in [3.8, 4) is 0 Å². The maximum absolute atomic E-state index is 12.2. The van der Waals surface area contributed by atoms with Crippen molar-refractivity contribution in [1.82, 2.24) is 10.3 Å². The first-order valence-corrected chi connectivity index (χ1v) is 8.04. The maximum atomic E-state index is 12.2. The molecule has 3 N–H and O–H groups in total. The second-order valence-corrected chi connectivity index (χ2v) is 6.56. The molecule has 3 rings (SSSR count). The van der Waals surface area contributed by atoms with Gasteiger partial charge in [-0.2, -0.15) is 0 Å². The van der Waals surface area contributed by atoms with E-state index in [0.717, 1.165) is 18.7 Å². The first kappa shape index (κ1) is 14.5. The fourth-order valence-corrected chi connectivity index (χ4v) is 4.12. The van der Waals surface area contributed by atoms with Crippen LogP contribution in [-0.4, -0.2) is 23.9 Å². The van der Waals surface area contributed by atoms with E-state index in [-0.39, 0.29) is 11.9 Å². The number of benzene rings is 1. The number of hydrogen-bond donors (Lipinski definition) is 2. The van der Waals surface area contributed by atoms with Gasteiger partial charge in [0.15, 0.2) is 0 Å². The molecule has 114 valence electrons. The Balaban J connectivity index is 1.74. The molecule has 1 spiro atoms. The largest absolute Gasteiger partial charge is 0.293 e. The second-order valence-electron chi connectivity index (χ2n) is 6.56. The van der Waals surface area contributed by atoms with Gasteiger partial charge in [0.2, 0.25) is 0 Å². The zero-order valence-electron chi connectivity index (χ0n) is 12.6. The number of amides is 1. The van der Waals surface area contributed by atoms with Crippen molar-refractivity contribution in [1.29, 1.82) is 0 Å². The molecular formula is C17H25N3O. The molecule has 1 unspecified atom stereocenters. The van der Waals surface area contributed by atoms with Crippen LogP contribution < -0.4 is 11.3 Å². The van der Waals surface area contributed by atoms with Gasteiger partial charge in [-0.1, -0.05) is 43.2 Å². The highest BCUT2D eigenvalue weighted by Crippen LogP contribution is 2.47. The molecule has 4 heteroatoms. The molecule has 1 aromatic rings. The van der Waals surface area contributed by atoms with E-state index in [0.29, 0.717) is 5.41 Å². The lowest BCUT2D eigenvalue weighted by molar-refractivity contribution is -0.127. The lowest BCUT2D eigenvalue weighted by atomic mass is 9.76. The van der Waals surface area contributed by atoms with Crippen LogP contribution in [-0.2, 0) is 4.79 Å². The van der Waals surface area contributed by atoms with Gasteiger partial charge in [-0.25, -0.2) is 5.84 Å². The number of carbonyl (C=O) groups excluding carboxylic acids is 1. The molecule has 4 nitrogen and oxygen atoms in total. The molecule has 1 saturated heterocycles. The van der Waals surface area contributed by atoms with Crippen molar-refractivity contribution in [2.45, 2.75) is 44.6 Å². The number of hydrogen-bond acceptors (Lipinski definition) is 3. The molecule has 21 heavy (non-hydrogen) atoms. The topological polar surface area (TPSA) is 58.4 Å². The molecule has 2 fully saturated rings. The van der Waals surface area contributed by atoms with Gasteiger partial charge < -0.3 is 0 Å². The Kier molecular flexibility index (Phi) is 4.27. The summed E-state index contributed by atoms with van der Waals surface area (Å²) in [4.78, 5) is 14.5. The first-order chi connectivity index (χ1) is 10.2. The van der Waals surface area contributed by atoms with E-state index >= 15 is 0 Å². The van der Waals surface area contributed by atoms with E-state index in [2.05, 4.69) is 10.3 Å². The van der Waals surface area contributed by atoms with Crippen LogP contribution in [0.4, 0.5) is 0 Å². The van der Waals surface area contributed by atoms with Crippen LogP contribution in [0.15, 0.2) is 30.3 Å². The predicted molar refractivity (Wildman–Crippen MR) is 83.2 cm³/mol. The van der Waals surface area contributed by atoms with Gasteiger partial charge in [0.1, 0.15) is 6.04 Å². The summed E-state index contributed by atoms with van der Waals surface area (Å²) in [7, 11) is 0. The Morgan fingerprint density at radius 1 is 1.10 bits per heavy atom. The summed E-state index contributed by atoms with van der Waals surface area (Å²) >= 11 is 0. The molecule has 1 heterocycles. The monoisotopic (exact) mass is 287 g/mol. The molecule has 0 aromatic heterocycles. The van der Waals surface area contributed by atoms with Gasteiger partial charge in [0.05, 0.1) is 0 Å². The van der Waals surface area contributed by atoms with Gasteiger partial charge in [0, 0.05) is 0 Å². The molecule has 1 saturated carbocycles. The van der Waals surface area contributed by atoms with E-state index in [1.807, 2.05) is 30.3 Å². The minimum Gasteiger partial charge on any atom is -0.293 e. The summed E-state index contributed by atoms with van der Waals surface area (Å²) < 4.78 is 0. The van der Waals surface area contributed by atoms with Gasteiger partial charge in [-0.05, 0) is 49.8 Å². The van der Waals surface area contributed by atoms with Crippen LogP contribution in [0.2, 0.25) is 0 Å². The van der Waals surface area contributed by atoms with Crippen LogP contribution in [0.1, 0.15) is 50.1 Å². The Morgan fingerprint density at radius 2 is 1.71 bits per heavy atom. The van der Waals surface area contributed by atoms with E-state index < -0.39 is 0 Å². The zero-order valence-corrected chi connectivity index (χ0v) is 12.6. The van der Waals surface area contributed by atoms with Crippen molar-refractivity contribution in [2.75, 3.05) is 13.1 Å². The van der Waals surface area contributed by atoms with Crippen molar-refractivity contribution >= 4 is 5.91 Å². The molecule has 1 amide bonds. The van der Waals surface area contributed by atoms with Crippen LogP contribution in [0, 0.1) is 5.41 Å². The summed E-state index contributed by atoms with van der Waals surface area (Å²) in [5.41, 5.74) is 3.94. The third-order valence-corrected chi connectivity index (χ3v) is 5.39. The average Bonchev–Trinajstić information content (AvgIpc) is 2.99. The van der Waals surface area contributed by atoms with Gasteiger partial charge in [0.25, 0.3) is 5.91 Å². The van der Waals surface area contributed by atoms with Crippen molar-refractivity contribution in [2.24, 2.45) is 11.3 Å². The number of likely N-dealkylation sites (tertiary alicyclic amines) is 1. The Labute approximate surface area is 126 Å². The number of nitrogens with two attached hydrogens (primary N) is 1. The van der Waals surface area contributed by atoms with E-state index in [9.17, 15) is 4.79 Å². The molecule has 1 aromatic carbocycles. The molecular weight excluding hydrogens is 262 g/mol. The lowest BCUT2D eigenvalue weighted by Crippen LogP contribution is -2.47. The summed E-state index contributed by atoms with van der Waals surface area (Å²) in [5, 5.41) is 0. The minimum absolute atomic E-state index is 0.108. The highest BCUT2D eigenvalue weighted by atomic mass is 16.2. The Bertz CT molecular complexity index is 472. The average molecular weight is 287 g/mol. The predicted octanol–water partition coefficient (Wildman–Crippen LogP) is 2.37. The normalized spacial score (nSPS) is 23.1. The summed E-state index contributed by atoms with van der Waals surface area (Å²) in [5.74, 6) is 5.30. The molecule has 1 aliphatic carbocycles. The number of hydrazine groups is 1. The first-order valence-electron chi connectivity index (χ1n) is 8.04. The Morgan fingerprint density at radius 3 is 2.29 bits per heavy atom. The summed E-state index contributed by atoms with van der Waals surface area (Å²) in [6.45, 7) is 1.99.